The zero-order chi connectivity index (χ0) is 35.5. The second kappa shape index (κ2) is 23.1. The summed E-state index contributed by atoms with van der Waals surface area (Å²) in [6, 6.07) is 29.7. The van der Waals surface area contributed by atoms with Gasteiger partial charge in [0.1, 0.15) is 41.8 Å². The van der Waals surface area contributed by atoms with Crippen LogP contribution in [0.5, 0.6) is 0 Å². The summed E-state index contributed by atoms with van der Waals surface area (Å²) in [6.45, 7) is 0.137. The molecular formula is C35H44BrN4O7PS2. The first-order chi connectivity index (χ1) is 23.7. The van der Waals surface area contributed by atoms with E-state index in [4.69, 9.17) is 5.73 Å². The summed E-state index contributed by atoms with van der Waals surface area (Å²) in [4.78, 5) is 61.1. The van der Waals surface area contributed by atoms with Gasteiger partial charge in [-0.1, -0.05) is 76.2 Å². The molecule has 0 radical (unpaired) electrons. The molecule has 50 heavy (non-hydrogen) atoms. The first kappa shape index (κ1) is 42.7. The topological polar surface area (TPSA) is 166 Å². The van der Waals surface area contributed by atoms with E-state index in [1.54, 1.807) is 0 Å². The second-order valence-corrected chi connectivity index (χ2v) is 17.0. The summed E-state index contributed by atoms with van der Waals surface area (Å²) in [5, 5.41) is 11.9. The van der Waals surface area contributed by atoms with Crippen LogP contribution in [0.3, 0.4) is 0 Å². The summed E-state index contributed by atoms with van der Waals surface area (Å²) < 4.78 is 9.13. The van der Waals surface area contributed by atoms with Crippen molar-refractivity contribution in [1.82, 2.24) is 16.0 Å². The number of hydrogen-bond acceptors (Lipinski definition) is 10. The number of amides is 3. The lowest BCUT2D eigenvalue weighted by Crippen LogP contribution is -3.00. The summed E-state index contributed by atoms with van der Waals surface area (Å²) in [5.74, 6) is -2.26. The molecule has 0 spiro atoms. The van der Waals surface area contributed by atoms with Gasteiger partial charge >= 0.3 is 11.9 Å². The van der Waals surface area contributed by atoms with Gasteiger partial charge in [-0.15, -0.1) is 0 Å². The molecule has 0 aromatic heterocycles. The van der Waals surface area contributed by atoms with Crippen molar-refractivity contribution in [3.05, 3.63) is 91.0 Å². The van der Waals surface area contributed by atoms with Gasteiger partial charge in [0.05, 0.1) is 26.1 Å². The molecule has 270 valence electrons. The highest BCUT2D eigenvalue weighted by atomic mass is 79.9. The van der Waals surface area contributed by atoms with Crippen LogP contribution < -0.4 is 54.6 Å². The molecule has 0 saturated heterocycles. The molecule has 0 bridgehead atoms. The van der Waals surface area contributed by atoms with Gasteiger partial charge in [-0.05, 0) is 49.2 Å². The molecule has 0 aliphatic rings. The van der Waals surface area contributed by atoms with Crippen LogP contribution in [0.15, 0.2) is 91.0 Å². The van der Waals surface area contributed by atoms with Crippen molar-refractivity contribution < 1.29 is 50.4 Å². The van der Waals surface area contributed by atoms with E-state index < -0.39 is 43.1 Å². The zero-order valence-electron chi connectivity index (χ0n) is 28.0. The van der Waals surface area contributed by atoms with Gasteiger partial charge in [0.15, 0.2) is 0 Å². The first-order valence-corrected chi connectivity index (χ1v) is 20.2. The van der Waals surface area contributed by atoms with Crippen molar-refractivity contribution in [2.75, 3.05) is 45.0 Å². The number of nitrogens with one attached hydrogen (secondary N) is 3. The highest BCUT2D eigenvalue weighted by Crippen LogP contribution is 2.55. The van der Waals surface area contributed by atoms with Crippen LogP contribution >= 0.6 is 28.9 Å². The molecule has 0 saturated carbocycles. The normalized spacial score (nSPS) is 12.0. The molecule has 3 aromatic carbocycles. The molecule has 3 amide bonds. The van der Waals surface area contributed by atoms with E-state index in [1.165, 1.54) is 51.7 Å². The van der Waals surface area contributed by atoms with Gasteiger partial charge < -0.3 is 48.1 Å². The summed E-state index contributed by atoms with van der Waals surface area (Å²) in [7, 11) is 2.89. The molecule has 2 unspecified atom stereocenters. The number of methoxy groups -OCH3 is 2. The molecule has 3 aromatic rings. The fourth-order valence-corrected chi connectivity index (χ4v) is 11.4. The monoisotopic (exact) mass is 806 g/mol. The molecule has 0 aliphatic carbocycles. The summed E-state index contributed by atoms with van der Waals surface area (Å²) >= 11 is 0. The van der Waals surface area contributed by atoms with Crippen molar-refractivity contribution >= 4 is 74.4 Å². The Balaban J connectivity index is 0.00000867. The third-order valence-corrected chi connectivity index (χ3v) is 14.4. The van der Waals surface area contributed by atoms with E-state index in [2.05, 4.69) is 98.2 Å². The smallest absolute Gasteiger partial charge is 0.325 e. The molecule has 2 atom stereocenters. The third kappa shape index (κ3) is 13.4. The highest BCUT2D eigenvalue weighted by molar-refractivity contribution is 8.76. The van der Waals surface area contributed by atoms with Gasteiger partial charge in [-0.3, -0.25) is 24.0 Å². The fraction of sp³-hybridized carbons (Fsp3) is 0.343. The number of carbonyl (C=O) groups excluding carboxylic acids is 5. The van der Waals surface area contributed by atoms with E-state index >= 15 is 0 Å². The summed E-state index contributed by atoms with van der Waals surface area (Å²) in [6.07, 6.45) is 1.56. The lowest BCUT2D eigenvalue weighted by Gasteiger charge is -2.27. The van der Waals surface area contributed by atoms with E-state index in [-0.39, 0.29) is 53.8 Å². The van der Waals surface area contributed by atoms with Crippen molar-refractivity contribution in [2.24, 2.45) is 5.73 Å². The van der Waals surface area contributed by atoms with Crippen molar-refractivity contribution in [3.63, 3.8) is 0 Å². The molecule has 3 rings (SSSR count). The average Bonchev–Trinajstić information content (AvgIpc) is 3.14. The fourth-order valence-electron chi connectivity index (χ4n) is 5.05. The molecule has 5 N–H and O–H groups in total. The van der Waals surface area contributed by atoms with Crippen LogP contribution in [-0.4, -0.2) is 86.7 Å². The Morgan fingerprint density at radius 3 is 1.80 bits per heavy atom. The number of esters is 2. The molecule has 0 fully saturated rings. The Labute approximate surface area is 312 Å². The Hall–Kier alpha value is -3.42. The number of hydrogen-bond donors (Lipinski definition) is 4. The Bertz CT molecular complexity index is 1410. The number of nitrogens with two attached hydrogens (primary N) is 1. The van der Waals surface area contributed by atoms with Gasteiger partial charge in [0.25, 0.3) is 0 Å². The van der Waals surface area contributed by atoms with Crippen LogP contribution in [0.25, 0.3) is 0 Å². The number of ether oxygens (including phenoxy) is 2. The third-order valence-electron chi connectivity index (χ3n) is 7.56. The maximum absolute atomic E-state index is 12.8. The first-order valence-electron chi connectivity index (χ1n) is 15.7. The average molecular weight is 808 g/mol. The van der Waals surface area contributed by atoms with Crippen molar-refractivity contribution in [2.45, 2.75) is 31.3 Å². The standard InChI is InChI=1S/C35H43N4O7PS2.BrH/c1-45-33(42)23-38-34(43)30(39-31(40)20-19-29(36)35(44)46-2)24-48-49-25-32(41)37-21-12-22-47(26-13-6-3-7-14-26,27-15-8-4-9-16-27)28-17-10-5-11-18-28;/h3-11,13-18,29-30H,12,19-25,36H2,1-2H3,(H2-,37,38,39,40,41,43);1H. The van der Waals surface area contributed by atoms with E-state index in [9.17, 15) is 24.0 Å². The molecule has 0 aliphatic heterocycles. The van der Waals surface area contributed by atoms with Crippen LogP contribution in [0.4, 0.5) is 0 Å². The van der Waals surface area contributed by atoms with Gasteiger partial charge in [-0.2, -0.15) is 0 Å². The lowest BCUT2D eigenvalue weighted by molar-refractivity contribution is -0.142. The predicted molar refractivity (Wildman–Crippen MR) is 199 cm³/mol. The lowest BCUT2D eigenvalue weighted by atomic mass is 10.1. The minimum Gasteiger partial charge on any atom is -1.00 e. The van der Waals surface area contributed by atoms with Crippen LogP contribution in [0.1, 0.15) is 19.3 Å². The number of halogens is 1. The quantitative estimate of drug-likeness (QED) is 0.0479. The molecule has 11 nitrogen and oxygen atoms in total. The number of carbonyl (C=O) groups is 5. The number of rotatable bonds is 20. The van der Waals surface area contributed by atoms with Crippen LogP contribution in [-0.2, 0) is 33.4 Å². The Kier molecular flexibility index (Phi) is 19.8. The largest absolute Gasteiger partial charge is 1.00 e. The Morgan fingerprint density at radius 1 is 0.760 bits per heavy atom. The minimum absolute atomic E-state index is 0. The molecule has 0 heterocycles. The maximum atomic E-state index is 12.8. The SMILES string of the molecule is COC(=O)CNC(=O)C(CSSCC(=O)NCCC[P+](c1ccccc1)(c1ccccc1)c1ccccc1)NC(=O)CCC(N)C(=O)OC.[Br-]. The highest BCUT2D eigenvalue weighted by Gasteiger charge is 2.44. The van der Waals surface area contributed by atoms with E-state index in [0.717, 1.165) is 12.6 Å². The number of benzene rings is 3. The van der Waals surface area contributed by atoms with Gasteiger partial charge in [-0.25, -0.2) is 0 Å². The van der Waals surface area contributed by atoms with Crippen molar-refractivity contribution in [3.8, 4) is 0 Å². The van der Waals surface area contributed by atoms with Crippen LogP contribution in [0, 0.1) is 0 Å². The maximum Gasteiger partial charge on any atom is 0.325 e. The summed E-state index contributed by atoms with van der Waals surface area (Å²) in [5.41, 5.74) is 5.71. The predicted octanol–water partition coefficient (Wildman–Crippen LogP) is -1.07. The molecule has 15 heteroatoms. The Morgan fingerprint density at radius 2 is 1.30 bits per heavy atom. The van der Waals surface area contributed by atoms with E-state index in [1.807, 2.05) is 18.2 Å². The van der Waals surface area contributed by atoms with Gasteiger partial charge in [0.2, 0.25) is 17.7 Å². The molecular weight excluding hydrogens is 763 g/mol. The van der Waals surface area contributed by atoms with Crippen molar-refractivity contribution in [1.29, 1.82) is 0 Å². The van der Waals surface area contributed by atoms with E-state index in [0.29, 0.717) is 6.54 Å². The van der Waals surface area contributed by atoms with Gasteiger partial charge in [0, 0.05) is 18.7 Å². The minimum atomic E-state index is -2.00. The zero-order valence-corrected chi connectivity index (χ0v) is 32.2. The second-order valence-electron chi connectivity index (χ2n) is 10.9. The van der Waals surface area contributed by atoms with Crippen LogP contribution in [0.2, 0.25) is 0 Å².